The average molecular weight is 356 g/mol. The van der Waals surface area contributed by atoms with Crippen molar-refractivity contribution >= 4 is 11.8 Å². The van der Waals surface area contributed by atoms with Gasteiger partial charge in [-0.2, -0.15) is 0 Å². The van der Waals surface area contributed by atoms with Gasteiger partial charge in [-0.05, 0) is 35.2 Å². The summed E-state index contributed by atoms with van der Waals surface area (Å²) in [6, 6.07) is 12.3. The third-order valence-corrected chi connectivity index (χ3v) is 3.96. The van der Waals surface area contributed by atoms with Crippen LogP contribution in [0.25, 0.3) is 0 Å². The number of carbonyl (C=O) groups is 2. The molecule has 0 aliphatic rings. The summed E-state index contributed by atoms with van der Waals surface area (Å²) in [6.07, 6.45) is 0. The fourth-order valence-electron chi connectivity index (χ4n) is 2.44. The van der Waals surface area contributed by atoms with Gasteiger partial charge in [-0.25, -0.2) is 0 Å². The lowest BCUT2D eigenvalue weighted by atomic mass is 9.87. The fourth-order valence-corrected chi connectivity index (χ4v) is 2.44. The van der Waals surface area contributed by atoms with E-state index < -0.39 is 11.8 Å². The lowest BCUT2D eigenvalue weighted by Crippen LogP contribution is -2.41. The number of hydrogen-bond donors (Lipinski definition) is 2. The molecule has 0 unspecified atom stereocenters. The second kappa shape index (κ2) is 7.91. The van der Waals surface area contributed by atoms with Gasteiger partial charge in [-0.3, -0.25) is 20.4 Å². The Labute approximate surface area is 153 Å². The first-order valence-electron chi connectivity index (χ1n) is 8.20. The van der Waals surface area contributed by atoms with Gasteiger partial charge in [0.25, 0.3) is 11.8 Å². The number of benzene rings is 2. The zero-order valence-electron chi connectivity index (χ0n) is 15.7. The zero-order chi connectivity index (χ0) is 19.3. The van der Waals surface area contributed by atoms with E-state index in [2.05, 4.69) is 31.6 Å². The minimum absolute atomic E-state index is 0.00361. The molecule has 0 heterocycles. The Balaban J connectivity index is 2.09. The van der Waals surface area contributed by atoms with Gasteiger partial charge < -0.3 is 9.47 Å². The van der Waals surface area contributed by atoms with Crippen molar-refractivity contribution in [3.05, 3.63) is 59.2 Å². The minimum Gasteiger partial charge on any atom is -0.496 e. The maximum Gasteiger partial charge on any atom is 0.277 e. The molecule has 0 saturated carbocycles. The number of amides is 2. The third-order valence-electron chi connectivity index (χ3n) is 3.96. The van der Waals surface area contributed by atoms with Crippen molar-refractivity contribution in [3.8, 4) is 11.5 Å². The summed E-state index contributed by atoms with van der Waals surface area (Å²) in [5.74, 6) is -0.233. The number of methoxy groups -OCH3 is 2. The molecule has 0 saturated heterocycles. The van der Waals surface area contributed by atoms with E-state index in [4.69, 9.17) is 9.47 Å². The first kappa shape index (κ1) is 19.3. The smallest absolute Gasteiger partial charge is 0.277 e. The van der Waals surface area contributed by atoms with Crippen LogP contribution in [-0.4, -0.2) is 26.0 Å². The molecule has 0 aliphatic heterocycles. The Morgan fingerprint density at radius 1 is 0.808 bits per heavy atom. The monoisotopic (exact) mass is 356 g/mol. The molecule has 2 rings (SSSR count). The second-order valence-corrected chi connectivity index (χ2v) is 6.77. The summed E-state index contributed by atoms with van der Waals surface area (Å²) in [5, 5.41) is 0. The Hall–Kier alpha value is -3.02. The van der Waals surface area contributed by atoms with E-state index in [-0.39, 0.29) is 11.0 Å². The van der Waals surface area contributed by atoms with Crippen molar-refractivity contribution in [1.29, 1.82) is 0 Å². The molecule has 0 radical (unpaired) electrons. The van der Waals surface area contributed by atoms with Gasteiger partial charge in [0, 0.05) is 5.56 Å². The van der Waals surface area contributed by atoms with Crippen LogP contribution >= 0.6 is 0 Å². The second-order valence-electron chi connectivity index (χ2n) is 6.77. The number of hydrogen-bond acceptors (Lipinski definition) is 4. The van der Waals surface area contributed by atoms with E-state index >= 15 is 0 Å². The Morgan fingerprint density at radius 2 is 1.31 bits per heavy atom. The van der Waals surface area contributed by atoms with Crippen molar-refractivity contribution in [1.82, 2.24) is 10.9 Å². The summed E-state index contributed by atoms with van der Waals surface area (Å²) in [4.78, 5) is 24.7. The number of rotatable bonds is 4. The third kappa shape index (κ3) is 4.33. The van der Waals surface area contributed by atoms with Crippen molar-refractivity contribution in [2.45, 2.75) is 26.2 Å². The van der Waals surface area contributed by atoms with E-state index in [1.165, 1.54) is 14.2 Å². The van der Waals surface area contributed by atoms with Crippen LogP contribution in [0.15, 0.2) is 42.5 Å². The van der Waals surface area contributed by atoms with Crippen LogP contribution in [0, 0.1) is 0 Å². The van der Waals surface area contributed by atoms with Crippen LogP contribution in [-0.2, 0) is 5.41 Å². The molecule has 0 spiro atoms. The largest absolute Gasteiger partial charge is 0.496 e. The van der Waals surface area contributed by atoms with Crippen molar-refractivity contribution < 1.29 is 19.1 Å². The zero-order valence-corrected chi connectivity index (χ0v) is 15.7. The van der Waals surface area contributed by atoms with Gasteiger partial charge in [0.15, 0.2) is 0 Å². The minimum atomic E-state index is -0.529. The maximum atomic E-state index is 12.4. The van der Waals surface area contributed by atoms with E-state index in [9.17, 15) is 9.59 Å². The number of carbonyl (C=O) groups excluding carboxylic acids is 2. The van der Waals surface area contributed by atoms with Crippen molar-refractivity contribution in [3.63, 3.8) is 0 Å². The van der Waals surface area contributed by atoms with Gasteiger partial charge in [0.1, 0.15) is 17.1 Å². The van der Waals surface area contributed by atoms with Gasteiger partial charge in [0.2, 0.25) is 0 Å². The van der Waals surface area contributed by atoms with E-state index in [0.717, 1.165) is 5.56 Å². The van der Waals surface area contributed by atoms with Crippen LogP contribution in [0.4, 0.5) is 0 Å². The number of ether oxygens (including phenoxy) is 2. The van der Waals surface area contributed by atoms with Gasteiger partial charge >= 0.3 is 0 Å². The standard InChI is InChI=1S/C20H24N2O4/c1-20(2,3)14-11-9-13(10-12-14)18(23)21-22-19(24)17-15(25-4)7-6-8-16(17)26-5/h6-12H,1-5H3,(H,21,23)(H,22,24). The molecule has 0 atom stereocenters. The highest BCUT2D eigenvalue weighted by Crippen LogP contribution is 2.27. The molecule has 26 heavy (non-hydrogen) atoms. The topological polar surface area (TPSA) is 76.7 Å². The first-order chi connectivity index (χ1) is 12.3. The molecule has 0 fully saturated rings. The SMILES string of the molecule is COc1cccc(OC)c1C(=O)NNC(=O)c1ccc(C(C)(C)C)cc1. The number of hydrazine groups is 1. The Morgan fingerprint density at radius 3 is 1.77 bits per heavy atom. The average Bonchev–Trinajstić information content (AvgIpc) is 2.64. The summed E-state index contributed by atoms with van der Waals surface area (Å²) in [7, 11) is 2.92. The predicted octanol–water partition coefficient (Wildman–Crippen LogP) is 3.08. The van der Waals surface area contributed by atoms with Gasteiger partial charge in [-0.1, -0.05) is 39.0 Å². The van der Waals surface area contributed by atoms with Crippen LogP contribution in [0.1, 0.15) is 47.1 Å². The van der Waals surface area contributed by atoms with Crippen molar-refractivity contribution in [2.24, 2.45) is 0 Å². The molecule has 6 heteroatoms. The van der Waals surface area contributed by atoms with Crippen LogP contribution in [0.2, 0.25) is 0 Å². The molecule has 138 valence electrons. The molecule has 2 amide bonds. The molecular formula is C20H24N2O4. The molecule has 0 aliphatic carbocycles. The highest BCUT2D eigenvalue weighted by molar-refractivity contribution is 6.02. The fraction of sp³-hybridized carbons (Fsp3) is 0.300. The Bertz CT molecular complexity index is 770. The molecule has 0 bridgehead atoms. The summed E-state index contributed by atoms with van der Waals surface area (Å²) >= 11 is 0. The first-order valence-corrected chi connectivity index (χ1v) is 8.20. The van der Waals surface area contributed by atoms with E-state index in [0.29, 0.717) is 17.1 Å². The quantitative estimate of drug-likeness (QED) is 0.826. The summed E-state index contributed by atoms with van der Waals surface area (Å²) in [5.41, 5.74) is 6.59. The summed E-state index contributed by atoms with van der Waals surface area (Å²) < 4.78 is 10.4. The van der Waals surface area contributed by atoms with Gasteiger partial charge in [0.05, 0.1) is 14.2 Å². The van der Waals surface area contributed by atoms with Crippen LogP contribution in [0.5, 0.6) is 11.5 Å². The normalized spacial score (nSPS) is 10.8. The van der Waals surface area contributed by atoms with Gasteiger partial charge in [-0.15, -0.1) is 0 Å². The maximum absolute atomic E-state index is 12.4. The molecule has 2 N–H and O–H groups in total. The predicted molar refractivity (Wildman–Crippen MR) is 99.6 cm³/mol. The molecule has 2 aromatic rings. The Kier molecular flexibility index (Phi) is 5.87. The molecule has 6 nitrogen and oxygen atoms in total. The highest BCUT2D eigenvalue weighted by Gasteiger charge is 2.19. The van der Waals surface area contributed by atoms with Crippen LogP contribution in [0.3, 0.4) is 0 Å². The van der Waals surface area contributed by atoms with Crippen LogP contribution < -0.4 is 20.3 Å². The lowest BCUT2D eigenvalue weighted by molar-refractivity contribution is 0.0843. The van der Waals surface area contributed by atoms with E-state index in [1.54, 1.807) is 30.3 Å². The molecule has 0 aromatic heterocycles. The van der Waals surface area contributed by atoms with Crippen molar-refractivity contribution in [2.75, 3.05) is 14.2 Å². The molecule has 2 aromatic carbocycles. The molecular weight excluding hydrogens is 332 g/mol. The number of nitrogens with one attached hydrogen (secondary N) is 2. The highest BCUT2D eigenvalue weighted by atomic mass is 16.5. The summed E-state index contributed by atoms with van der Waals surface area (Å²) in [6.45, 7) is 6.30. The lowest BCUT2D eigenvalue weighted by Gasteiger charge is -2.19. The van der Waals surface area contributed by atoms with E-state index in [1.807, 2.05) is 12.1 Å².